The molecule has 0 aromatic carbocycles. The molecule has 2 aromatic rings. The van der Waals surface area contributed by atoms with Crippen LogP contribution in [0.2, 0.25) is 0 Å². The lowest BCUT2D eigenvalue weighted by Crippen LogP contribution is -2.15. The molecule has 28 heavy (non-hydrogen) atoms. The molecule has 0 spiro atoms. The summed E-state index contributed by atoms with van der Waals surface area (Å²) in [6.45, 7) is 5.52. The van der Waals surface area contributed by atoms with Gasteiger partial charge in [0.05, 0.1) is 11.9 Å². The van der Waals surface area contributed by atoms with E-state index in [0.717, 1.165) is 60.3 Å². The van der Waals surface area contributed by atoms with Gasteiger partial charge in [0.1, 0.15) is 14.8 Å². The Morgan fingerprint density at radius 2 is 2.18 bits per heavy atom. The molecule has 2 amide bonds. The van der Waals surface area contributed by atoms with Crippen molar-refractivity contribution in [2.24, 2.45) is 9.50 Å². The van der Waals surface area contributed by atoms with E-state index in [1.54, 1.807) is 20.0 Å². The van der Waals surface area contributed by atoms with Gasteiger partial charge < -0.3 is 10.4 Å². The van der Waals surface area contributed by atoms with Crippen LogP contribution < -0.4 is 10.5 Å². The lowest BCUT2D eigenvalue weighted by molar-refractivity contribution is 0.0783. The predicted octanol–water partition coefficient (Wildman–Crippen LogP) is 3.57. The number of anilines is 1. The molecule has 150 valence electrons. The molecular formula is C19H25N5O2S2. The van der Waals surface area contributed by atoms with Crippen molar-refractivity contribution in [3.63, 3.8) is 0 Å². The van der Waals surface area contributed by atoms with Gasteiger partial charge in [-0.1, -0.05) is 6.92 Å². The Balaban J connectivity index is 1.60. The highest BCUT2D eigenvalue weighted by atomic mass is 32.2. The molecule has 2 atom stereocenters. The quantitative estimate of drug-likeness (QED) is 0.704. The van der Waals surface area contributed by atoms with Gasteiger partial charge in [-0.15, -0.1) is 11.3 Å². The summed E-state index contributed by atoms with van der Waals surface area (Å²) in [5.41, 5.74) is 4.44. The largest absolute Gasteiger partial charge is 0.383 e. The molecule has 0 saturated carbocycles. The van der Waals surface area contributed by atoms with Crippen molar-refractivity contribution in [2.45, 2.75) is 68.6 Å². The minimum absolute atomic E-state index is 0.426. The maximum absolute atomic E-state index is 12.6. The lowest BCUT2D eigenvalue weighted by Gasteiger charge is -2.15. The minimum atomic E-state index is -1.11. The third-order valence-electron chi connectivity index (χ3n) is 5.28. The Bertz CT molecular complexity index is 977. The van der Waals surface area contributed by atoms with Crippen LogP contribution in [-0.4, -0.2) is 21.1 Å². The van der Waals surface area contributed by atoms with Crippen LogP contribution in [-0.2, 0) is 35.7 Å². The summed E-state index contributed by atoms with van der Waals surface area (Å²) in [5, 5.41) is 19.8. The Morgan fingerprint density at radius 1 is 1.39 bits per heavy atom. The monoisotopic (exact) mass is 419 g/mol. The topological polar surface area (TPSA) is 113 Å². The van der Waals surface area contributed by atoms with Crippen LogP contribution in [0.1, 0.15) is 67.1 Å². The number of hydrogen-bond acceptors (Lipinski definition) is 5. The van der Waals surface area contributed by atoms with Gasteiger partial charge in [-0.05, 0) is 63.0 Å². The van der Waals surface area contributed by atoms with E-state index in [4.69, 9.17) is 10.1 Å². The Morgan fingerprint density at radius 3 is 2.89 bits per heavy atom. The van der Waals surface area contributed by atoms with E-state index < -0.39 is 22.5 Å². The average molecular weight is 420 g/mol. The summed E-state index contributed by atoms with van der Waals surface area (Å²) in [5.74, 6) is 0.426. The second-order valence-electron chi connectivity index (χ2n) is 7.95. The number of aliphatic hydroxyl groups is 1. The van der Waals surface area contributed by atoms with E-state index >= 15 is 0 Å². The summed E-state index contributed by atoms with van der Waals surface area (Å²) in [6.07, 6.45) is 6.56. The summed E-state index contributed by atoms with van der Waals surface area (Å²) in [7, 11) is -1.11. The van der Waals surface area contributed by atoms with E-state index in [-0.39, 0.29) is 0 Å². The Hall–Kier alpha value is -1.68. The van der Waals surface area contributed by atoms with E-state index in [0.29, 0.717) is 15.1 Å². The highest BCUT2D eigenvalue weighted by molar-refractivity contribution is 7.87. The second kappa shape index (κ2) is 7.29. The summed E-state index contributed by atoms with van der Waals surface area (Å²) in [4.78, 5) is 21.7. The first kappa shape index (κ1) is 19.6. The Kier molecular flexibility index (Phi) is 5.11. The normalized spacial score (nSPS) is 19.5. The fraction of sp³-hybridized carbons (Fsp3) is 0.526. The number of urea groups is 1. The van der Waals surface area contributed by atoms with Gasteiger partial charge in [0.15, 0.2) is 0 Å². The highest BCUT2D eigenvalue weighted by Crippen LogP contribution is 2.41. The fourth-order valence-corrected chi connectivity index (χ4v) is 5.67. The summed E-state index contributed by atoms with van der Waals surface area (Å²) in [6, 6.07) is -0.439. The number of nitrogens with zero attached hydrogens (tertiary/aromatic N) is 3. The van der Waals surface area contributed by atoms with Crippen molar-refractivity contribution in [1.82, 2.24) is 9.97 Å². The number of carbonyl (C=O) groups excluding carboxylic acids is 1. The third-order valence-corrected chi connectivity index (χ3v) is 8.03. The van der Waals surface area contributed by atoms with Crippen LogP contribution in [0.25, 0.3) is 0 Å². The molecule has 0 aliphatic heterocycles. The first-order valence-corrected chi connectivity index (χ1v) is 11.5. The lowest BCUT2D eigenvalue weighted by atomic mass is 10.0. The molecule has 0 saturated heterocycles. The molecule has 2 aromatic heterocycles. The molecule has 4 rings (SSSR count). The molecular weight excluding hydrogens is 394 g/mol. The predicted molar refractivity (Wildman–Crippen MR) is 112 cm³/mol. The fourth-order valence-electron chi connectivity index (χ4n) is 3.86. The van der Waals surface area contributed by atoms with Crippen LogP contribution in [0.15, 0.2) is 14.8 Å². The van der Waals surface area contributed by atoms with Crippen molar-refractivity contribution < 1.29 is 9.90 Å². The molecule has 4 N–H and O–H groups in total. The van der Waals surface area contributed by atoms with Crippen LogP contribution in [0.5, 0.6) is 0 Å². The highest BCUT2D eigenvalue weighted by Gasteiger charge is 2.30. The van der Waals surface area contributed by atoms with Gasteiger partial charge in [0.2, 0.25) is 0 Å². The first-order valence-electron chi connectivity index (χ1n) is 9.48. The van der Waals surface area contributed by atoms with Crippen molar-refractivity contribution in [1.29, 1.82) is 0 Å². The van der Waals surface area contributed by atoms with Crippen LogP contribution in [0, 0.1) is 0 Å². The number of hydrogen-bond donors (Lipinski definition) is 3. The number of fused-ring (bicyclic) bond motifs is 2. The number of thiazole rings is 1. The second-order valence-corrected chi connectivity index (χ2v) is 10.5. The molecule has 0 fully saturated rings. The summed E-state index contributed by atoms with van der Waals surface area (Å²) >= 11 is 1.28. The van der Waals surface area contributed by atoms with Crippen molar-refractivity contribution in [2.75, 3.05) is 5.32 Å². The van der Waals surface area contributed by atoms with Crippen LogP contribution >= 0.6 is 11.3 Å². The first-order chi connectivity index (χ1) is 13.2. The summed E-state index contributed by atoms with van der Waals surface area (Å²) < 4.78 is 4.80. The molecule has 9 heteroatoms. The zero-order chi connectivity index (χ0) is 20.1. The molecule has 7 nitrogen and oxygen atoms in total. The van der Waals surface area contributed by atoms with Gasteiger partial charge in [-0.2, -0.15) is 4.36 Å². The molecule has 2 aliphatic rings. The molecule has 2 heterocycles. The van der Waals surface area contributed by atoms with Crippen LogP contribution in [0.3, 0.4) is 0 Å². The van der Waals surface area contributed by atoms with Gasteiger partial charge in [-0.25, -0.2) is 9.78 Å². The van der Waals surface area contributed by atoms with E-state index in [1.807, 2.05) is 0 Å². The van der Waals surface area contributed by atoms with E-state index in [9.17, 15) is 9.90 Å². The molecule has 0 radical (unpaired) electrons. The number of amides is 2. The maximum atomic E-state index is 12.6. The van der Waals surface area contributed by atoms with E-state index in [2.05, 4.69) is 21.6 Å². The van der Waals surface area contributed by atoms with Crippen molar-refractivity contribution in [3.05, 3.63) is 33.7 Å². The van der Waals surface area contributed by atoms with Crippen molar-refractivity contribution >= 4 is 33.9 Å². The number of aromatic nitrogens is 2. The van der Waals surface area contributed by atoms with Crippen LogP contribution in [0.4, 0.5) is 10.5 Å². The third kappa shape index (κ3) is 3.63. The van der Waals surface area contributed by atoms with Gasteiger partial charge in [-0.3, -0.25) is 10.1 Å². The molecule has 0 bridgehead atoms. The van der Waals surface area contributed by atoms with Gasteiger partial charge >= 0.3 is 6.03 Å². The number of pyridine rings is 1. The number of nitrogens with two attached hydrogens (primary N) is 1. The van der Waals surface area contributed by atoms with Gasteiger partial charge in [0, 0.05) is 22.3 Å². The standard InChI is InChI=1S/C19H25N5O2S2/c1-10-7-8-12-15(10)22-13-6-4-5-11(13)16(12)23-18(25)24-28(20)14-9-21-17(27-14)19(2,3)26/h9-10,26H,4-8H2,1-3H3,(H3,20,22,23,24,25). The molecule has 2 unspecified atom stereocenters. The smallest absolute Gasteiger partial charge is 0.352 e. The SMILES string of the molecule is CC1CCc2c1nc1c(c2NC(=O)N=S(N)c2cnc(C(C)(C)O)s2)CCC1. The zero-order valence-electron chi connectivity index (χ0n) is 16.3. The van der Waals surface area contributed by atoms with Gasteiger partial charge in [0.25, 0.3) is 0 Å². The number of rotatable bonds is 3. The number of carbonyl (C=O) groups is 1. The van der Waals surface area contributed by atoms with Crippen molar-refractivity contribution in [3.8, 4) is 0 Å². The number of aryl methyl sites for hydroxylation is 1. The minimum Gasteiger partial charge on any atom is -0.383 e. The maximum Gasteiger partial charge on any atom is 0.352 e. The molecule has 2 aliphatic carbocycles. The number of nitrogens with one attached hydrogen (secondary N) is 1. The van der Waals surface area contributed by atoms with E-state index in [1.165, 1.54) is 11.3 Å². The zero-order valence-corrected chi connectivity index (χ0v) is 17.9. The Labute approximate surface area is 171 Å². The average Bonchev–Trinajstić information content (AvgIpc) is 3.34.